The second-order valence-electron chi connectivity index (χ2n) is 8.54. The van der Waals surface area contributed by atoms with Gasteiger partial charge in [0.15, 0.2) is 5.69 Å². The van der Waals surface area contributed by atoms with Crippen molar-refractivity contribution in [2.45, 2.75) is 32.6 Å². The minimum atomic E-state index is -0.273. The number of nitrogens with one attached hydrogen (secondary N) is 1. The maximum Gasteiger partial charge on any atom is 0.273 e. The molecule has 0 saturated carbocycles. The van der Waals surface area contributed by atoms with E-state index in [0.717, 1.165) is 28.2 Å². The zero-order valence-electron chi connectivity index (χ0n) is 20.8. The van der Waals surface area contributed by atoms with E-state index in [4.69, 9.17) is 13.9 Å². The molecule has 1 heterocycles. The Hall–Kier alpha value is -4.10. The molecule has 4 aromatic rings. The number of nitrogens with zero attached hydrogens (tertiary/aromatic N) is 2. The van der Waals surface area contributed by atoms with Crippen molar-refractivity contribution in [2.75, 3.05) is 14.2 Å². The van der Waals surface area contributed by atoms with Crippen molar-refractivity contribution in [2.24, 2.45) is 0 Å². The molecule has 36 heavy (non-hydrogen) atoms. The lowest BCUT2D eigenvalue weighted by Gasteiger charge is -2.22. The van der Waals surface area contributed by atoms with Crippen LogP contribution in [0.5, 0.6) is 11.5 Å². The van der Waals surface area contributed by atoms with Crippen LogP contribution in [0.2, 0.25) is 0 Å². The van der Waals surface area contributed by atoms with Crippen molar-refractivity contribution in [3.63, 3.8) is 0 Å². The summed E-state index contributed by atoms with van der Waals surface area (Å²) in [5, 5.41) is 2.98. The predicted octanol–water partition coefficient (Wildman–Crippen LogP) is 5.39. The quantitative estimate of drug-likeness (QED) is 0.307. The first-order chi connectivity index (χ1) is 17.6. The number of rotatable bonds is 11. The lowest BCUT2D eigenvalue weighted by Crippen LogP contribution is -2.27. The minimum absolute atomic E-state index is 0.144. The van der Waals surface area contributed by atoms with Gasteiger partial charge in [-0.2, -0.15) is 0 Å². The molecule has 1 atom stereocenters. The zero-order valence-corrected chi connectivity index (χ0v) is 20.8. The van der Waals surface area contributed by atoms with Crippen molar-refractivity contribution < 1.29 is 18.7 Å². The second-order valence-corrected chi connectivity index (χ2v) is 8.54. The van der Waals surface area contributed by atoms with Crippen LogP contribution in [0.15, 0.2) is 89.5 Å². The molecule has 7 nitrogen and oxygen atoms in total. The number of amides is 1. The molecule has 0 unspecified atom stereocenters. The van der Waals surface area contributed by atoms with Crippen LogP contribution in [-0.2, 0) is 19.6 Å². The van der Waals surface area contributed by atoms with Gasteiger partial charge < -0.3 is 19.2 Å². The number of methoxy groups -OCH3 is 2. The van der Waals surface area contributed by atoms with E-state index in [1.54, 1.807) is 14.2 Å². The third-order valence-corrected chi connectivity index (χ3v) is 5.92. The number of ether oxygens (including phenoxy) is 2. The Morgan fingerprint density at radius 3 is 2.36 bits per heavy atom. The van der Waals surface area contributed by atoms with E-state index in [-0.39, 0.29) is 17.6 Å². The summed E-state index contributed by atoms with van der Waals surface area (Å²) in [7, 11) is 3.30. The fourth-order valence-electron chi connectivity index (χ4n) is 4.03. The first-order valence-corrected chi connectivity index (χ1v) is 11.8. The molecule has 1 aromatic heterocycles. The smallest absolute Gasteiger partial charge is 0.273 e. The lowest BCUT2D eigenvalue weighted by atomic mass is 10.1. The molecule has 1 N–H and O–H groups in total. The average molecular weight is 486 g/mol. The summed E-state index contributed by atoms with van der Waals surface area (Å²) in [5.74, 6) is 1.72. The van der Waals surface area contributed by atoms with Crippen LogP contribution in [0.4, 0.5) is 0 Å². The molecule has 0 bridgehead atoms. The van der Waals surface area contributed by atoms with Crippen molar-refractivity contribution in [1.29, 1.82) is 0 Å². The fraction of sp³-hybridized carbons (Fsp3) is 0.241. The van der Waals surface area contributed by atoms with E-state index >= 15 is 0 Å². The number of carbonyl (C=O) groups excluding carboxylic acids is 1. The Labute approximate surface area is 211 Å². The second kappa shape index (κ2) is 12.0. The number of hydrogen-bond acceptors (Lipinski definition) is 6. The number of hydrogen-bond donors (Lipinski definition) is 1. The molecule has 0 saturated heterocycles. The molecule has 3 aromatic carbocycles. The monoisotopic (exact) mass is 485 g/mol. The lowest BCUT2D eigenvalue weighted by molar-refractivity contribution is 0.0934. The summed E-state index contributed by atoms with van der Waals surface area (Å²) in [5.41, 5.74) is 3.41. The Kier molecular flexibility index (Phi) is 8.36. The van der Waals surface area contributed by atoms with Gasteiger partial charge in [-0.1, -0.05) is 60.7 Å². The van der Waals surface area contributed by atoms with Crippen LogP contribution < -0.4 is 14.8 Å². The van der Waals surface area contributed by atoms with Gasteiger partial charge in [0.2, 0.25) is 5.89 Å². The van der Waals surface area contributed by atoms with Crippen LogP contribution in [0.1, 0.15) is 46.0 Å². The average Bonchev–Trinajstić information content (AvgIpc) is 3.38. The highest BCUT2D eigenvalue weighted by Gasteiger charge is 2.19. The normalized spacial score (nSPS) is 11.8. The van der Waals surface area contributed by atoms with E-state index < -0.39 is 0 Å². The van der Waals surface area contributed by atoms with Gasteiger partial charge in [-0.05, 0) is 36.2 Å². The van der Waals surface area contributed by atoms with Gasteiger partial charge in [0.05, 0.1) is 26.8 Å². The Balaban J connectivity index is 1.50. The molecule has 186 valence electrons. The summed E-state index contributed by atoms with van der Waals surface area (Å²) in [6, 6.07) is 25.6. The highest BCUT2D eigenvalue weighted by Crippen LogP contribution is 2.26. The number of benzene rings is 3. The summed E-state index contributed by atoms with van der Waals surface area (Å²) in [6.45, 7) is 3.59. The number of aromatic nitrogens is 1. The molecule has 0 radical (unpaired) electrons. The molecule has 0 aliphatic carbocycles. The first-order valence-electron chi connectivity index (χ1n) is 11.8. The largest absolute Gasteiger partial charge is 0.497 e. The molecule has 1 amide bonds. The van der Waals surface area contributed by atoms with Gasteiger partial charge in [-0.3, -0.25) is 9.69 Å². The molecular weight excluding hydrogens is 454 g/mol. The van der Waals surface area contributed by atoms with Crippen molar-refractivity contribution in [3.05, 3.63) is 113 Å². The first kappa shape index (κ1) is 25.0. The molecule has 7 heteroatoms. The number of oxazole rings is 1. The highest BCUT2D eigenvalue weighted by molar-refractivity contribution is 5.92. The van der Waals surface area contributed by atoms with Crippen molar-refractivity contribution in [1.82, 2.24) is 15.2 Å². The molecule has 4 rings (SSSR count). The van der Waals surface area contributed by atoms with Gasteiger partial charge >= 0.3 is 0 Å². The Bertz CT molecular complexity index is 1260. The van der Waals surface area contributed by atoms with Crippen LogP contribution in [0, 0.1) is 0 Å². The molecule has 0 fully saturated rings. The van der Waals surface area contributed by atoms with E-state index in [1.807, 2.05) is 73.7 Å². The summed E-state index contributed by atoms with van der Waals surface area (Å²) in [6.07, 6.45) is 1.41. The third kappa shape index (κ3) is 6.52. The number of carbonyl (C=O) groups is 1. The van der Waals surface area contributed by atoms with Crippen LogP contribution in [0.25, 0.3) is 0 Å². The predicted molar refractivity (Wildman–Crippen MR) is 138 cm³/mol. The standard InChI is InChI=1S/C29H31N3O4/c1-21(23-12-8-5-9-13-23)30-29(33)26-20-36-28(31-26)19-32(17-22-10-6-4-7-11-22)18-24-16-25(34-2)14-15-27(24)35-3/h4-16,20-21H,17-19H2,1-3H3,(H,30,33)/t21-/m1/s1. The van der Waals surface area contributed by atoms with Crippen LogP contribution in [0.3, 0.4) is 0 Å². The van der Waals surface area contributed by atoms with E-state index in [9.17, 15) is 4.79 Å². The van der Waals surface area contributed by atoms with Gasteiger partial charge in [-0.15, -0.1) is 0 Å². The topological polar surface area (TPSA) is 76.8 Å². The van der Waals surface area contributed by atoms with E-state index in [2.05, 4.69) is 27.3 Å². The fourth-order valence-corrected chi connectivity index (χ4v) is 4.03. The summed E-state index contributed by atoms with van der Waals surface area (Å²) < 4.78 is 16.7. The maximum atomic E-state index is 12.8. The molecule has 0 spiro atoms. The van der Waals surface area contributed by atoms with Gasteiger partial charge in [0, 0.05) is 18.7 Å². The Morgan fingerprint density at radius 2 is 1.67 bits per heavy atom. The third-order valence-electron chi connectivity index (χ3n) is 5.92. The molecule has 0 aliphatic rings. The van der Waals surface area contributed by atoms with E-state index in [0.29, 0.717) is 25.5 Å². The summed E-state index contributed by atoms with van der Waals surface area (Å²) in [4.78, 5) is 19.5. The molecule has 0 aliphatic heterocycles. The molecular formula is C29H31N3O4. The SMILES string of the molecule is COc1ccc(OC)c(CN(Cc2ccccc2)Cc2nc(C(=O)N[C@H](C)c3ccccc3)co2)c1. The van der Waals surface area contributed by atoms with Gasteiger partial charge in [0.1, 0.15) is 17.8 Å². The van der Waals surface area contributed by atoms with Crippen molar-refractivity contribution >= 4 is 5.91 Å². The van der Waals surface area contributed by atoms with Crippen molar-refractivity contribution in [3.8, 4) is 11.5 Å². The Morgan fingerprint density at radius 1 is 0.944 bits per heavy atom. The minimum Gasteiger partial charge on any atom is -0.497 e. The van der Waals surface area contributed by atoms with Crippen LogP contribution in [-0.4, -0.2) is 30.0 Å². The highest BCUT2D eigenvalue weighted by atomic mass is 16.5. The summed E-state index contributed by atoms with van der Waals surface area (Å²) >= 11 is 0. The van der Waals surface area contributed by atoms with E-state index in [1.165, 1.54) is 6.26 Å². The van der Waals surface area contributed by atoms with Gasteiger partial charge in [0.25, 0.3) is 5.91 Å². The van der Waals surface area contributed by atoms with Crippen LogP contribution >= 0.6 is 0 Å². The maximum absolute atomic E-state index is 12.8. The zero-order chi connectivity index (χ0) is 25.3. The van der Waals surface area contributed by atoms with Gasteiger partial charge in [-0.25, -0.2) is 4.98 Å².